The Bertz CT molecular complexity index is 990. The largest absolute Gasteiger partial charge is 0.482 e. The van der Waals surface area contributed by atoms with Crippen LogP contribution in [0.4, 0.5) is 0 Å². The molecule has 0 amide bonds. The highest BCUT2D eigenvalue weighted by atomic mass is 16.6. The van der Waals surface area contributed by atoms with Crippen molar-refractivity contribution in [3.05, 3.63) is 95.6 Å². The van der Waals surface area contributed by atoms with Gasteiger partial charge in [-0.15, -0.1) is 0 Å². The second-order valence-corrected chi connectivity index (χ2v) is 6.28. The summed E-state index contributed by atoms with van der Waals surface area (Å²) in [5, 5.41) is 0. The average molecular weight is 388 g/mol. The smallest absolute Gasteiger partial charge is 0.349 e. The first kappa shape index (κ1) is 20.0. The number of ketones is 2. The number of esters is 1. The molecule has 0 aliphatic rings. The van der Waals surface area contributed by atoms with Gasteiger partial charge in [0.05, 0.1) is 0 Å². The summed E-state index contributed by atoms with van der Waals surface area (Å²) in [5.74, 6) is 0.177. The zero-order chi connectivity index (χ0) is 20.6. The van der Waals surface area contributed by atoms with Crippen molar-refractivity contribution in [2.75, 3.05) is 6.61 Å². The maximum absolute atomic E-state index is 12.4. The van der Waals surface area contributed by atoms with Crippen molar-refractivity contribution >= 4 is 17.5 Å². The van der Waals surface area contributed by atoms with E-state index < -0.39 is 5.97 Å². The molecule has 0 atom stereocenters. The van der Waals surface area contributed by atoms with E-state index in [1.165, 1.54) is 0 Å². The molecule has 0 heterocycles. The first-order chi connectivity index (χ1) is 14.1. The van der Waals surface area contributed by atoms with Crippen molar-refractivity contribution in [3.63, 3.8) is 0 Å². The van der Waals surface area contributed by atoms with Crippen LogP contribution in [0.15, 0.2) is 78.9 Å². The number of Topliss-reactive ketones (excluding diaryl/α,β-unsaturated/α-hetero) is 1. The van der Waals surface area contributed by atoms with E-state index >= 15 is 0 Å². The maximum atomic E-state index is 12.4. The van der Waals surface area contributed by atoms with Crippen LogP contribution in [-0.4, -0.2) is 24.1 Å². The van der Waals surface area contributed by atoms with Crippen molar-refractivity contribution < 1.29 is 23.9 Å². The molecule has 0 saturated heterocycles. The Morgan fingerprint density at radius 2 is 1.24 bits per heavy atom. The highest BCUT2D eigenvalue weighted by Crippen LogP contribution is 2.17. The van der Waals surface area contributed by atoms with E-state index in [0.717, 1.165) is 0 Å². The number of hydrogen-bond acceptors (Lipinski definition) is 5. The van der Waals surface area contributed by atoms with Crippen LogP contribution < -0.4 is 9.47 Å². The van der Waals surface area contributed by atoms with Gasteiger partial charge in [0, 0.05) is 23.1 Å². The minimum absolute atomic E-state index is 0.0282. The zero-order valence-corrected chi connectivity index (χ0v) is 16.0. The lowest BCUT2D eigenvalue weighted by Gasteiger charge is -2.08. The van der Waals surface area contributed by atoms with Crippen LogP contribution >= 0.6 is 0 Å². The molecule has 29 heavy (non-hydrogen) atoms. The number of ether oxygens (including phenoxy) is 2. The number of carbonyl (C=O) groups excluding carboxylic acids is 3. The first-order valence-corrected chi connectivity index (χ1v) is 9.23. The monoisotopic (exact) mass is 388 g/mol. The van der Waals surface area contributed by atoms with Crippen LogP contribution in [0.3, 0.4) is 0 Å². The Morgan fingerprint density at radius 3 is 1.86 bits per heavy atom. The van der Waals surface area contributed by atoms with E-state index in [4.69, 9.17) is 9.47 Å². The van der Waals surface area contributed by atoms with Crippen molar-refractivity contribution in [3.8, 4) is 11.5 Å². The van der Waals surface area contributed by atoms with Gasteiger partial charge in [-0.1, -0.05) is 37.3 Å². The molecule has 3 rings (SSSR count). The molecule has 5 heteroatoms. The van der Waals surface area contributed by atoms with Crippen molar-refractivity contribution in [2.45, 2.75) is 13.3 Å². The van der Waals surface area contributed by atoms with Gasteiger partial charge in [0.25, 0.3) is 0 Å². The van der Waals surface area contributed by atoms with E-state index in [1.54, 1.807) is 67.6 Å². The first-order valence-electron chi connectivity index (χ1n) is 9.23. The molecule has 0 aliphatic heterocycles. The Hall–Kier alpha value is -3.73. The van der Waals surface area contributed by atoms with Gasteiger partial charge in [0.2, 0.25) is 0 Å². The summed E-state index contributed by atoms with van der Waals surface area (Å²) in [6.07, 6.45) is 0.419. The summed E-state index contributed by atoms with van der Waals surface area (Å²) in [7, 11) is 0. The van der Waals surface area contributed by atoms with Crippen LogP contribution in [0.1, 0.15) is 39.6 Å². The van der Waals surface area contributed by atoms with Crippen molar-refractivity contribution in [1.29, 1.82) is 0 Å². The molecule has 146 valence electrons. The minimum atomic E-state index is -0.566. The molecule has 3 aromatic rings. The summed E-state index contributed by atoms with van der Waals surface area (Å²) >= 11 is 0. The maximum Gasteiger partial charge on any atom is 0.349 e. The predicted octanol–water partition coefficient (Wildman–Crippen LogP) is 4.49. The van der Waals surface area contributed by atoms with Gasteiger partial charge in [0.15, 0.2) is 18.2 Å². The molecule has 0 bridgehead atoms. The van der Waals surface area contributed by atoms with Gasteiger partial charge in [-0.2, -0.15) is 0 Å². The highest BCUT2D eigenvalue weighted by Gasteiger charge is 2.10. The second-order valence-electron chi connectivity index (χ2n) is 6.28. The predicted molar refractivity (Wildman–Crippen MR) is 109 cm³/mol. The van der Waals surface area contributed by atoms with Crippen LogP contribution in [0, 0.1) is 0 Å². The summed E-state index contributed by atoms with van der Waals surface area (Å²) < 4.78 is 10.6. The Morgan fingerprint density at radius 1 is 0.690 bits per heavy atom. The van der Waals surface area contributed by atoms with Crippen LogP contribution in [0.25, 0.3) is 0 Å². The van der Waals surface area contributed by atoms with Crippen LogP contribution in [0.2, 0.25) is 0 Å². The SMILES string of the molecule is CCC(=O)c1ccc(OC(=O)COc2ccc(C(=O)c3ccccc3)cc2)cc1. The molecule has 3 aromatic carbocycles. The highest BCUT2D eigenvalue weighted by molar-refractivity contribution is 6.09. The molecule has 0 N–H and O–H groups in total. The molecule has 0 saturated carbocycles. The number of rotatable bonds is 8. The van der Waals surface area contributed by atoms with Crippen molar-refractivity contribution in [1.82, 2.24) is 0 Å². The molecule has 0 fully saturated rings. The molecule has 0 spiro atoms. The Balaban J connectivity index is 1.52. The molecule has 0 aliphatic carbocycles. The lowest BCUT2D eigenvalue weighted by atomic mass is 10.0. The fraction of sp³-hybridized carbons (Fsp3) is 0.125. The topological polar surface area (TPSA) is 69.7 Å². The molecule has 0 unspecified atom stereocenters. The van der Waals surface area contributed by atoms with Crippen molar-refractivity contribution in [2.24, 2.45) is 0 Å². The zero-order valence-electron chi connectivity index (χ0n) is 16.0. The summed E-state index contributed by atoms with van der Waals surface area (Å²) in [4.78, 5) is 35.9. The third-order valence-electron chi connectivity index (χ3n) is 4.24. The molecular weight excluding hydrogens is 368 g/mol. The van der Waals surface area contributed by atoms with Gasteiger partial charge in [0.1, 0.15) is 11.5 Å². The quantitative estimate of drug-likeness (QED) is 0.323. The molecule has 5 nitrogen and oxygen atoms in total. The number of carbonyl (C=O) groups is 3. The van der Waals surface area contributed by atoms with Gasteiger partial charge in [-0.3, -0.25) is 9.59 Å². The van der Waals surface area contributed by atoms with Crippen LogP contribution in [-0.2, 0) is 4.79 Å². The molecular formula is C24H20O5. The van der Waals surface area contributed by atoms with E-state index in [2.05, 4.69) is 0 Å². The van der Waals surface area contributed by atoms with E-state index in [-0.39, 0.29) is 18.2 Å². The number of hydrogen-bond donors (Lipinski definition) is 0. The Kier molecular flexibility index (Phi) is 6.53. The summed E-state index contributed by atoms with van der Waals surface area (Å²) in [6.45, 7) is 1.51. The third-order valence-corrected chi connectivity index (χ3v) is 4.24. The minimum Gasteiger partial charge on any atom is -0.482 e. The van der Waals surface area contributed by atoms with Crippen LogP contribution in [0.5, 0.6) is 11.5 Å². The van der Waals surface area contributed by atoms with E-state index in [1.807, 2.05) is 18.2 Å². The van der Waals surface area contributed by atoms with Gasteiger partial charge in [-0.05, 0) is 48.5 Å². The molecule has 0 radical (unpaired) electrons. The third kappa shape index (κ3) is 5.39. The summed E-state index contributed by atoms with van der Waals surface area (Å²) in [6, 6.07) is 22.0. The van der Waals surface area contributed by atoms with Gasteiger partial charge >= 0.3 is 5.97 Å². The summed E-state index contributed by atoms with van der Waals surface area (Å²) in [5.41, 5.74) is 1.72. The fourth-order valence-electron chi connectivity index (χ4n) is 2.67. The second kappa shape index (κ2) is 9.46. The lowest BCUT2D eigenvalue weighted by Crippen LogP contribution is -2.17. The van der Waals surface area contributed by atoms with E-state index in [9.17, 15) is 14.4 Å². The number of benzene rings is 3. The van der Waals surface area contributed by atoms with Gasteiger partial charge < -0.3 is 9.47 Å². The normalized spacial score (nSPS) is 10.2. The van der Waals surface area contributed by atoms with Gasteiger partial charge in [-0.25, -0.2) is 4.79 Å². The van der Waals surface area contributed by atoms with E-state index in [0.29, 0.717) is 34.6 Å². The molecule has 0 aromatic heterocycles. The fourth-order valence-corrected chi connectivity index (χ4v) is 2.67. The standard InChI is InChI=1S/C24H20O5/c1-2-22(25)17-8-14-21(15-9-17)29-23(26)16-28-20-12-10-19(11-13-20)24(27)18-6-4-3-5-7-18/h3-15H,2,16H2,1H3. The lowest BCUT2D eigenvalue weighted by molar-refractivity contribution is -0.136. The Labute approximate surface area is 168 Å². The average Bonchev–Trinajstić information content (AvgIpc) is 2.78.